The van der Waals surface area contributed by atoms with E-state index in [0.29, 0.717) is 24.2 Å². The number of rotatable bonds is 14. The molecule has 5 rings (SSSR count). The summed E-state index contributed by atoms with van der Waals surface area (Å²) in [6, 6.07) is 22.2. The van der Waals surface area contributed by atoms with Crippen LogP contribution in [-0.4, -0.2) is 47.1 Å². The van der Waals surface area contributed by atoms with Crippen molar-refractivity contribution in [1.29, 1.82) is 0 Å². The molecule has 1 N–H and O–H groups in total. The van der Waals surface area contributed by atoms with Crippen molar-refractivity contribution in [2.45, 2.75) is 65.4 Å². The zero-order chi connectivity index (χ0) is 30.0. The quantitative estimate of drug-likeness (QED) is 0.149. The highest BCUT2D eigenvalue weighted by Gasteiger charge is 2.26. The zero-order valence-electron chi connectivity index (χ0n) is 25.5. The van der Waals surface area contributed by atoms with Crippen LogP contribution in [0.2, 0.25) is 5.02 Å². The van der Waals surface area contributed by atoms with Gasteiger partial charge in [0.2, 0.25) is 0 Å². The van der Waals surface area contributed by atoms with Gasteiger partial charge in [-0.3, -0.25) is 4.79 Å². The Morgan fingerprint density at radius 2 is 1.91 bits per heavy atom. The minimum absolute atomic E-state index is 0.0514. The maximum absolute atomic E-state index is 12.8. The second-order valence-electron chi connectivity index (χ2n) is 11.8. The van der Waals surface area contributed by atoms with Crippen LogP contribution in [0.4, 0.5) is 0 Å². The molecule has 0 aliphatic carbocycles. The molecule has 1 aromatic heterocycles. The van der Waals surface area contributed by atoms with Crippen molar-refractivity contribution in [2.24, 2.45) is 11.8 Å². The first-order chi connectivity index (χ1) is 21.0. The lowest BCUT2D eigenvalue weighted by molar-refractivity contribution is -0.149. The van der Waals surface area contributed by atoms with Crippen molar-refractivity contribution in [3.8, 4) is 5.75 Å². The molecule has 1 aliphatic rings. The molecule has 2 atom stereocenters. The number of likely N-dealkylation sites (tertiary alicyclic amines) is 1. The summed E-state index contributed by atoms with van der Waals surface area (Å²) in [5, 5.41) is 0.692. The van der Waals surface area contributed by atoms with Crippen molar-refractivity contribution in [3.05, 3.63) is 94.3 Å². The Morgan fingerprint density at radius 3 is 2.70 bits per heavy atom. The van der Waals surface area contributed by atoms with Crippen molar-refractivity contribution in [3.63, 3.8) is 0 Å². The topological polar surface area (TPSA) is 67.5 Å². The summed E-state index contributed by atoms with van der Waals surface area (Å²) in [6.45, 7) is 7.81. The van der Waals surface area contributed by atoms with Crippen LogP contribution >= 0.6 is 11.6 Å². The molecule has 0 radical (unpaired) electrons. The summed E-state index contributed by atoms with van der Waals surface area (Å²) in [6.07, 6.45) is 7.58. The first kappa shape index (κ1) is 31.1. The van der Waals surface area contributed by atoms with Crippen LogP contribution in [0.1, 0.15) is 61.5 Å². The van der Waals surface area contributed by atoms with E-state index in [9.17, 15) is 4.79 Å². The van der Waals surface area contributed by atoms with Gasteiger partial charge >= 0.3 is 5.97 Å². The predicted molar refractivity (Wildman–Crippen MR) is 174 cm³/mol. The Bertz CT molecular complexity index is 1450. The number of hydrogen-bond acceptors (Lipinski definition) is 5. The molecule has 0 amide bonds. The Kier molecular flexibility index (Phi) is 11.1. The molecule has 7 heteroatoms. The van der Waals surface area contributed by atoms with Crippen molar-refractivity contribution in [2.75, 3.05) is 26.2 Å². The molecule has 2 unspecified atom stereocenters. The van der Waals surface area contributed by atoms with E-state index < -0.39 is 0 Å². The molecule has 228 valence electrons. The van der Waals surface area contributed by atoms with Crippen LogP contribution < -0.4 is 4.74 Å². The number of H-pyrrole nitrogens is 1. The minimum atomic E-state index is -0.0800. The average molecular weight is 602 g/mol. The third-order valence-electron chi connectivity index (χ3n) is 8.64. The molecule has 0 saturated carbocycles. The maximum atomic E-state index is 12.8. The normalized spacial score (nSPS) is 16.3. The maximum Gasteiger partial charge on any atom is 0.310 e. The lowest BCUT2D eigenvalue weighted by Gasteiger charge is -2.34. The standard InChI is InChI=1S/C36H44ClN3O3/c1-3-42-36(41)30(15-14-27-9-5-4-6-10-27)24-40-22-8-12-28(23-40)11-7-13-29-16-21-33-35(26(29)2)39-34(38-33)25-43-32-19-17-31(37)18-20-32/h4-6,9-10,16-21,28,30H,3,7-8,11-15,22-25H2,1-2H3,(H,38,39). The number of hydrogen-bond donors (Lipinski definition) is 1. The zero-order valence-corrected chi connectivity index (χ0v) is 26.2. The van der Waals surface area contributed by atoms with E-state index in [-0.39, 0.29) is 11.9 Å². The second kappa shape index (κ2) is 15.4. The van der Waals surface area contributed by atoms with Crippen molar-refractivity contribution < 1.29 is 14.3 Å². The Hall–Kier alpha value is -3.35. The molecular weight excluding hydrogens is 558 g/mol. The number of carbonyl (C=O) groups is 1. The lowest BCUT2D eigenvalue weighted by atomic mass is 9.90. The van der Waals surface area contributed by atoms with Crippen LogP contribution in [-0.2, 0) is 29.0 Å². The number of aromatic amines is 1. The second-order valence-corrected chi connectivity index (χ2v) is 12.2. The average Bonchev–Trinajstić information content (AvgIpc) is 3.45. The third-order valence-corrected chi connectivity index (χ3v) is 8.89. The van der Waals surface area contributed by atoms with Gasteiger partial charge in [-0.25, -0.2) is 4.98 Å². The van der Waals surface area contributed by atoms with E-state index in [4.69, 9.17) is 26.1 Å². The number of fused-ring (bicyclic) bond motifs is 1. The van der Waals surface area contributed by atoms with Gasteiger partial charge in [0.15, 0.2) is 0 Å². The molecule has 0 spiro atoms. The highest BCUT2D eigenvalue weighted by atomic mass is 35.5. The fourth-order valence-electron chi connectivity index (χ4n) is 6.30. The first-order valence-electron chi connectivity index (χ1n) is 15.8. The Balaban J connectivity index is 1.12. The Morgan fingerprint density at radius 1 is 1.09 bits per heavy atom. The molecule has 2 heterocycles. The van der Waals surface area contributed by atoms with Gasteiger partial charge < -0.3 is 19.4 Å². The fourth-order valence-corrected chi connectivity index (χ4v) is 6.43. The molecule has 43 heavy (non-hydrogen) atoms. The molecule has 1 aliphatic heterocycles. The first-order valence-corrected chi connectivity index (χ1v) is 16.1. The van der Waals surface area contributed by atoms with E-state index in [1.807, 2.05) is 37.3 Å². The smallest absolute Gasteiger partial charge is 0.310 e. The van der Waals surface area contributed by atoms with Crippen LogP contribution in [0.5, 0.6) is 5.75 Å². The van der Waals surface area contributed by atoms with Gasteiger partial charge in [-0.2, -0.15) is 0 Å². The number of benzene rings is 3. The molecule has 6 nitrogen and oxygen atoms in total. The summed E-state index contributed by atoms with van der Waals surface area (Å²) in [4.78, 5) is 23.6. The third kappa shape index (κ3) is 8.84. The monoisotopic (exact) mass is 601 g/mol. The Labute approximate surface area is 260 Å². The van der Waals surface area contributed by atoms with Gasteiger partial charge in [-0.1, -0.05) is 48.0 Å². The number of aryl methyl sites for hydroxylation is 3. The molecule has 0 bridgehead atoms. The van der Waals surface area contributed by atoms with E-state index in [1.54, 1.807) is 0 Å². The molecular formula is C36H44ClN3O3. The van der Waals surface area contributed by atoms with Gasteiger partial charge in [-0.15, -0.1) is 0 Å². The van der Waals surface area contributed by atoms with Gasteiger partial charge in [0.05, 0.1) is 23.6 Å². The SMILES string of the molecule is CCOC(=O)C(CCc1ccccc1)CN1CCCC(CCCc2ccc3[nH]c(COc4ccc(Cl)cc4)nc3c2C)C1. The van der Waals surface area contributed by atoms with Gasteiger partial charge in [0.25, 0.3) is 0 Å². The lowest BCUT2D eigenvalue weighted by Crippen LogP contribution is -2.41. The summed E-state index contributed by atoms with van der Waals surface area (Å²) >= 11 is 5.98. The van der Waals surface area contributed by atoms with Crippen molar-refractivity contribution in [1.82, 2.24) is 14.9 Å². The van der Waals surface area contributed by atoms with E-state index >= 15 is 0 Å². The largest absolute Gasteiger partial charge is 0.486 e. The van der Waals surface area contributed by atoms with Crippen LogP contribution in [0.25, 0.3) is 11.0 Å². The number of carbonyl (C=O) groups excluding carboxylic acids is 1. The van der Waals surface area contributed by atoms with E-state index in [1.165, 1.54) is 36.0 Å². The van der Waals surface area contributed by atoms with Crippen LogP contribution in [0.3, 0.4) is 0 Å². The number of aromatic nitrogens is 2. The molecule has 3 aromatic carbocycles. The summed E-state index contributed by atoms with van der Waals surface area (Å²) in [7, 11) is 0. The summed E-state index contributed by atoms with van der Waals surface area (Å²) in [5.41, 5.74) is 5.95. The fraction of sp³-hybridized carbons (Fsp3) is 0.444. The number of piperidine rings is 1. The number of nitrogens with one attached hydrogen (secondary N) is 1. The van der Waals surface area contributed by atoms with Crippen LogP contribution in [0.15, 0.2) is 66.7 Å². The van der Waals surface area contributed by atoms with E-state index in [2.05, 4.69) is 53.2 Å². The van der Waals surface area contributed by atoms with Crippen molar-refractivity contribution >= 4 is 28.6 Å². The predicted octanol–water partition coefficient (Wildman–Crippen LogP) is 7.95. The van der Waals surface area contributed by atoms with Gasteiger partial charge in [0.1, 0.15) is 18.2 Å². The highest BCUT2D eigenvalue weighted by Crippen LogP contribution is 2.27. The number of esters is 1. The summed E-state index contributed by atoms with van der Waals surface area (Å²) in [5.74, 6) is 2.12. The molecule has 1 saturated heterocycles. The van der Waals surface area contributed by atoms with Gasteiger partial charge in [-0.05, 0) is 118 Å². The highest BCUT2D eigenvalue weighted by molar-refractivity contribution is 6.30. The number of halogens is 1. The van der Waals surface area contributed by atoms with Crippen LogP contribution in [0, 0.1) is 18.8 Å². The van der Waals surface area contributed by atoms with Gasteiger partial charge in [0, 0.05) is 18.1 Å². The minimum Gasteiger partial charge on any atom is -0.486 e. The number of ether oxygens (including phenoxy) is 2. The summed E-state index contributed by atoms with van der Waals surface area (Å²) < 4.78 is 11.4. The number of imidazole rings is 1. The molecule has 1 fully saturated rings. The molecule has 4 aromatic rings. The number of nitrogens with zero attached hydrogens (tertiary/aromatic N) is 2. The van der Waals surface area contributed by atoms with E-state index in [0.717, 1.165) is 67.9 Å².